The Morgan fingerprint density at radius 1 is 1.22 bits per heavy atom. The predicted molar refractivity (Wildman–Crippen MR) is 124 cm³/mol. The molecule has 1 aliphatic heterocycles. The summed E-state index contributed by atoms with van der Waals surface area (Å²) >= 11 is 1.52. The van der Waals surface area contributed by atoms with E-state index < -0.39 is 0 Å². The van der Waals surface area contributed by atoms with Gasteiger partial charge >= 0.3 is 0 Å². The molecule has 1 N–H and O–H groups in total. The van der Waals surface area contributed by atoms with E-state index in [1.807, 2.05) is 45.0 Å². The van der Waals surface area contributed by atoms with Crippen LogP contribution in [0.5, 0.6) is 11.5 Å². The van der Waals surface area contributed by atoms with Gasteiger partial charge in [0.1, 0.15) is 12.4 Å². The van der Waals surface area contributed by atoms with Crippen LogP contribution in [-0.2, 0) is 4.79 Å². The summed E-state index contributed by atoms with van der Waals surface area (Å²) in [5.41, 5.74) is 4.30. The third-order valence-corrected chi connectivity index (χ3v) is 6.24. The zero-order chi connectivity index (χ0) is 22.8. The molecule has 0 unspecified atom stereocenters. The molecular weight excluding hydrogens is 426 g/mol. The highest BCUT2D eigenvalue weighted by Crippen LogP contribution is 2.45. The summed E-state index contributed by atoms with van der Waals surface area (Å²) in [6, 6.07) is 7.59. The molecule has 2 aromatic heterocycles. The third kappa shape index (κ3) is 4.14. The van der Waals surface area contributed by atoms with Gasteiger partial charge in [0.15, 0.2) is 11.5 Å². The highest BCUT2D eigenvalue weighted by molar-refractivity contribution is 8.00. The van der Waals surface area contributed by atoms with Crippen molar-refractivity contribution >= 4 is 23.5 Å². The molecule has 0 saturated carbocycles. The number of fused-ring (bicyclic) bond motifs is 1. The first kappa shape index (κ1) is 21.7. The van der Waals surface area contributed by atoms with Crippen LogP contribution >= 0.6 is 11.8 Å². The summed E-state index contributed by atoms with van der Waals surface area (Å²) in [5.74, 6) is 4.79. The maximum absolute atomic E-state index is 12.6. The monoisotopic (exact) mass is 449 g/mol. The van der Waals surface area contributed by atoms with Gasteiger partial charge in [0.05, 0.1) is 23.8 Å². The zero-order valence-corrected chi connectivity index (χ0v) is 19.1. The molecule has 9 heteroatoms. The van der Waals surface area contributed by atoms with E-state index in [0.717, 1.165) is 28.2 Å². The van der Waals surface area contributed by atoms with E-state index in [0.29, 0.717) is 29.0 Å². The Morgan fingerprint density at radius 2 is 1.97 bits per heavy atom. The molecule has 164 valence electrons. The van der Waals surface area contributed by atoms with Crippen LogP contribution in [0.25, 0.3) is 5.95 Å². The van der Waals surface area contributed by atoms with Crippen LogP contribution in [0, 0.1) is 33.1 Å². The van der Waals surface area contributed by atoms with Gasteiger partial charge in [-0.3, -0.25) is 4.79 Å². The second-order valence-corrected chi connectivity index (χ2v) is 8.45. The smallest absolute Gasteiger partial charge is 0.252 e. The topological polar surface area (TPSA) is 91.2 Å². The molecule has 0 spiro atoms. The lowest BCUT2D eigenvalue weighted by Gasteiger charge is -2.17. The van der Waals surface area contributed by atoms with Crippen molar-refractivity contribution in [1.82, 2.24) is 19.7 Å². The molecule has 0 saturated heterocycles. The summed E-state index contributed by atoms with van der Waals surface area (Å²) in [6.07, 6.45) is 5.31. The maximum Gasteiger partial charge on any atom is 0.252 e. The number of benzene rings is 1. The number of carbonyl (C=O) groups is 1. The number of hydrogen-bond acceptors (Lipinski definition) is 7. The van der Waals surface area contributed by atoms with Crippen LogP contribution < -0.4 is 14.8 Å². The van der Waals surface area contributed by atoms with Crippen LogP contribution in [-0.4, -0.2) is 45.1 Å². The fourth-order valence-corrected chi connectivity index (χ4v) is 4.86. The summed E-state index contributed by atoms with van der Waals surface area (Å²) < 4.78 is 12.7. The van der Waals surface area contributed by atoms with Crippen molar-refractivity contribution in [2.45, 2.75) is 26.0 Å². The molecule has 4 rings (SSSR count). The molecule has 0 bridgehead atoms. The summed E-state index contributed by atoms with van der Waals surface area (Å²) in [4.78, 5) is 21.6. The summed E-state index contributed by atoms with van der Waals surface area (Å²) in [5, 5.41) is 7.53. The van der Waals surface area contributed by atoms with E-state index >= 15 is 0 Å². The number of rotatable bonds is 5. The van der Waals surface area contributed by atoms with Crippen LogP contribution in [0.2, 0.25) is 0 Å². The standard InChI is InChI=1S/C23H23N5O3S/c1-6-9-31-17-8-7-16(11-18(17)30-5)21-20-15(4)27-28(22(20)26-19(29)12-32-21)23-24-13(2)10-14(3)25-23/h1,7-8,10-11,21H,9,12H2,2-5H3,(H,26,29)/t21-/m1/s1. The van der Waals surface area contributed by atoms with Gasteiger partial charge < -0.3 is 14.8 Å². The number of hydrogen-bond donors (Lipinski definition) is 1. The molecule has 0 aliphatic carbocycles. The number of anilines is 1. The number of aryl methyl sites for hydroxylation is 3. The highest BCUT2D eigenvalue weighted by Gasteiger charge is 2.31. The second-order valence-electron chi connectivity index (χ2n) is 7.35. The molecule has 0 radical (unpaired) electrons. The fraction of sp³-hybridized carbons (Fsp3) is 0.304. The third-order valence-electron chi connectivity index (χ3n) is 4.97. The normalized spacial score (nSPS) is 15.3. The number of terminal acetylenes is 1. The molecule has 8 nitrogen and oxygen atoms in total. The SMILES string of the molecule is C#CCOc1ccc([C@H]2SCC(=O)Nc3c2c(C)nn3-c2nc(C)cc(C)n2)cc1OC. The predicted octanol–water partition coefficient (Wildman–Crippen LogP) is 3.38. The number of amides is 1. The lowest BCUT2D eigenvalue weighted by atomic mass is 10.0. The Kier molecular flexibility index (Phi) is 6.06. The van der Waals surface area contributed by atoms with Crippen molar-refractivity contribution in [3.8, 4) is 29.8 Å². The molecule has 1 aromatic carbocycles. The van der Waals surface area contributed by atoms with E-state index in [2.05, 4.69) is 26.3 Å². The molecule has 3 aromatic rings. The molecule has 0 fully saturated rings. The largest absolute Gasteiger partial charge is 0.493 e. The van der Waals surface area contributed by atoms with Crippen molar-refractivity contribution in [2.75, 3.05) is 24.8 Å². The van der Waals surface area contributed by atoms with Gasteiger partial charge in [-0.15, -0.1) is 18.2 Å². The Labute approximate surface area is 190 Å². The van der Waals surface area contributed by atoms with Crippen molar-refractivity contribution in [1.29, 1.82) is 0 Å². The zero-order valence-electron chi connectivity index (χ0n) is 18.3. The fourth-order valence-electron chi connectivity index (χ4n) is 3.68. The Balaban J connectivity index is 1.83. The maximum atomic E-state index is 12.6. The first-order valence-electron chi connectivity index (χ1n) is 9.99. The molecular formula is C23H23N5O3S. The highest BCUT2D eigenvalue weighted by atomic mass is 32.2. The van der Waals surface area contributed by atoms with E-state index in [4.69, 9.17) is 15.9 Å². The van der Waals surface area contributed by atoms with E-state index in [1.165, 1.54) is 11.8 Å². The van der Waals surface area contributed by atoms with E-state index in [1.54, 1.807) is 11.8 Å². The average molecular weight is 450 g/mol. The molecule has 1 aliphatic rings. The van der Waals surface area contributed by atoms with Crippen LogP contribution in [0.15, 0.2) is 24.3 Å². The lowest BCUT2D eigenvalue weighted by molar-refractivity contribution is -0.113. The van der Waals surface area contributed by atoms with E-state index in [9.17, 15) is 4.79 Å². The van der Waals surface area contributed by atoms with Crippen molar-refractivity contribution in [3.63, 3.8) is 0 Å². The lowest BCUT2D eigenvalue weighted by Crippen LogP contribution is -2.17. The van der Waals surface area contributed by atoms with Gasteiger partial charge in [-0.25, -0.2) is 9.97 Å². The average Bonchev–Trinajstić information content (AvgIpc) is 2.96. The minimum atomic E-state index is -0.154. The first-order chi connectivity index (χ1) is 15.4. The Hall–Kier alpha value is -3.51. The number of ether oxygens (including phenoxy) is 2. The van der Waals surface area contributed by atoms with Crippen molar-refractivity contribution in [3.05, 3.63) is 52.5 Å². The summed E-state index contributed by atoms with van der Waals surface area (Å²) in [7, 11) is 1.58. The number of nitrogens with one attached hydrogen (secondary N) is 1. The van der Waals surface area contributed by atoms with Crippen molar-refractivity contribution in [2.24, 2.45) is 0 Å². The first-order valence-corrected chi connectivity index (χ1v) is 11.0. The number of carbonyl (C=O) groups excluding carboxylic acids is 1. The second kappa shape index (κ2) is 8.93. The van der Waals surface area contributed by atoms with Gasteiger partial charge in [0, 0.05) is 17.0 Å². The minimum absolute atomic E-state index is 0.106. The summed E-state index contributed by atoms with van der Waals surface area (Å²) in [6.45, 7) is 5.88. The van der Waals surface area contributed by atoms with Gasteiger partial charge in [-0.1, -0.05) is 12.0 Å². The van der Waals surface area contributed by atoms with Gasteiger partial charge in [0.25, 0.3) is 5.95 Å². The van der Waals surface area contributed by atoms with E-state index in [-0.39, 0.29) is 17.8 Å². The van der Waals surface area contributed by atoms with Gasteiger partial charge in [-0.05, 0) is 44.5 Å². The van der Waals surface area contributed by atoms with Gasteiger partial charge in [0.2, 0.25) is 5.91 Å². The number of methoxy groups -OCH3 is 1. The van der Waals surface area contributed by atoms with Crippen LogP contribution in [0.3, 0.4) is 0 Å². The van der Waals surface area contributed by atoms with Crippen LogP contribution in [0.1, 0.15) is 33.5 Å². The quantitative estimate of drug-likeness (QED) is 0.597. The number of thioether (sulfide) groups is 1. The van der Waals surface area contributed by atoms with Crippen LogP contribution in [0.4, 0.5) is 5.82 Å². The minimum Gasteiger partial charge on any atom is -0.493 e. The van der Waals surface area contributed by atoms with Crippen molar-refractivity contribution < 1.29 is 14.3 Å². The Morgan fingerprint density at radius 3 is 2.66 bits per heavy atom. The Bertz CT molecular complexity index is 1210. The molecule has 32 heavy (non-hydrogen) atoms. The number of aromatic nitrogens is 4. The molecule has 1 atom stereocenters. The van der Waals surface area contributed by atoms with Gasteiger partial charge in [-0.2, -0.15) is 9.78 Å². The number of nitrogens with zero attached hydrogens (tertiary/aromatic N) is 4. The molecule has 3 heterocycles. The molecule has 1 amide bonds.